The lowest BCUT2D eigenvalue weighted by Crippen LogP contribution is -2.24. The molecule has 0 unspecified atom stereocenters. The summed E-state index contributed by atoms with van der Waals surface area (Å²) in [6.45, 7) is 6.00. The Labute approximate surface area is 121 Å². The van der Waals surface area contributed by atoms with Gasteiger partial charge >= 0.3 is 0 Å². The van der Waals surface area contributed by atoms with E-state index < -0.39 is 0 Å². The highest BCUT2D eigenvalue weighted by atomic mass is 79.9. The lowest BCUT2D eigenvalue weighted by atomic mass is 10.0. The third-order valence-corrected chi connectivity index (χ3v) is 3.57. The van der Waals surface area contributed by atoms with Gasteiger partial charge < -0.3 is 4.42 Å². The zero-order chi connectivity index (χ0) is 13.8. The third kappa shape index (κ3) is 3.64. The van der Waals surface area contributed by atoms with Crippen molar-refractivity contribution in [1.82, 2.24) is 15.5 Å². The molecule has 0 bridgehead atoms. The minimum Gasteiger partial charge on any atom is -0.424 e. The maximum absolute atomic E-state index is 5.45. The topological polar surface area (TPSA) is 51.0 Å². The molecule has 0 saturated carbocycles. The average molecular weight is 324 g/mol. The fourth-order valence-corrected chi connectivity index (χ4v) is 2.27. The number of nitrogens with zero attached hydrogens (tertiary/aromatic N) is 2. The van der Waals surface area contributed by atoms with E-state index in [1.807, 2.05) is 6.92 Å². The van der Waals surface area contributed by atoms with E-state index in [0.717, 1.165) is 10.9 Å². The summed E-state index contributed by atoms with van der Waals surface area (Å²) in [6.07, 6.45) is 0.999. The second-order valence-corrected chi connectivity index (χ2v) is 5.48. The number of aryl methyl sites for hydroxylation is 1. The van der Waals surface area contributed by atoms with E-state index in [0.29, 0.717) is 11.8 Å². The van der Waals surface area contributed by atoms with E-state index >= 15 is 0 Å². The third-order valence-electron chi connectivity index (χ3n) is 3.04. The van der Waals surface area contributed by atoms with E-state index in [1.165, 1.54) is 5.56 Å². The van der Waals surface area contributed by atoms with Crippen molar-refractivity contribution in [3.8, 4) is 0 Å². The molecule has 0 spiro atoms. The molecular formula is C14H18BrN3O. The lowest BCUT2D eigenvalue weighted by Gasteiger charge is -2.20. The molecule has 102 valence electrons. The van der Waals surface area contributed by atoms with E-state index in [1.54, 1.807) is 6.92 Å². The minimum absolute atomic E-state index is 0.0368. The van der Waals surface area contributed by atoms with Crippen LogP contribution in [0, 0.1) is 6.92 Å². The van der Waals surface area contributed by atoms with Crippen LogP contribution in [-0.4, -0.2) is 10.2 Å². The molecular weight excluding hydrogens is 306 g/mol. The van der Waals surface area contributed by atoms with Crippen molar-refractivity contribution >= 4 is 15.9 Å². The molecule has 4 nitrogen and oxygen atoms in total. The lowest BCUT2D eigenvalue weighted by molar-refractivity contribution is 0.367. The number of rotatable bonds is 5. The maximum atomic E-state index is 5.45. The Kier molecular flexibility index (Phi) is 4.71. The number of nitrogens with one attached hydrogen (secondary N) is 1. The number of benzene rings is 1. The van der Waals surface area contributed by atoms with E-state index in [4.69, 9.17) is 4.42 Å². The molecule has 1 aromatic heterocycles. The van der Waals surface area contributed by atoms with Crippen LogP contribution in [-0.2, 0) is 0 Å². The Morgan fingerprint density at radius 3 is 2.47 bits per heavy atom. The quantitative estimate of drug-likeness (QED) is 0.905. The molecule has 19 heavy (non-hydrogen) atoms. The van der Waals surface area contributed by atoms with Crippen molar-refractivity contribution in [2.24, 2.45) is 0 Å². The van der Waals surface area contributed by atoms with Gasteiger partial charge in [-0.05, 0) is 31.0 Å². The highest BCUT2D eigenvalue weighted by molar-refractivity contribution is 9.10. The Morgan fingerprint density at radius 1 is 1.26 bits per heavy atom. The molecule has 0 radical (unpaired) electrons. The zero-order valence-corrected chi connectivity index (χ0v) is 12.9. The molecule has 0 aliphatic carbocycles. The summed E-state index contributed by atoms with van der Waals surface area (Å²) in [5, 5.41) is 11.4. The first kappa shape index (κ1) is 14.2. The Morgan fingerprint density at radius 2 is 1.95 bits per heavy atom. The molecule has 1 heterocycles. The van der Waals surface area contributed by atoms with Crippen LogP contribution in [0.3, 0.4) is 0 Å². The fraction of sp³-hybridized carbons (Fsp3) is 0.429. The van der Waals surface area contributed by atoms with Crippen molar-refractivity contribution in [3.05, 3.63) is 46.1 Å². The highest BCUT2D eigenvalue weighted by Gasteiger charge is 2.17. The van der Waals surface area contributed by atoms with Crippen molar-refractivity contribution in [1.29, 1.82) is 0 Å². The molecule has 1 N–H and O–H groups in total. The van der Waals surface area contributed by atoms with Crippen LogP contribution in [0.5, 0.6) is 0 Å². The van der Waals surface area contributed by atoms with Gasteiger partial charge in [-0.1, -0.05) is 35.0 Å². The van der Waals surface area contributed by atoms with Gasteiger partial charge in [-0.25, -0.2) is 0 Å². The molecule has 0 aliphatic heterocycles. The molecule has 2 rings (SSSR count). The largest absolute Gasteiger partial charge is 0.424 e. The molecule has 0 aliphatic rings. The number of hydrogen-bond acceptors (Lipinski definition) is 4. The van der Waals surface area contributed by atoms with Gasteiger partial charge in [0.2, 0.25) is 11.8 Å². The van der Waals surface area contributed by atoms with Gasteiger partial charge in [0, 0.05) is 17.4 Å². The average Bonchev–Trinajstić information content (AvgIpc) is 2.84. The number of halogens is 1. The Balaban J connectivity index is 2.08. The highest BCUT2D eigenvalue weighted by Crippen LogP contribution is 2.23. The summed E-state index contributed by atoms with van der Waals surface area (Å²) < 4.78 is 6.54. The van der Waals surface area contributed by atoms with Crippen LogP contribution < -0.4 is 5.32 Å². The van der Waals surface area contributed by atoms with Crippen LogP contribution in [0.4, 0.5) is 0 Å². The first-order chi connectivity index (χ1) is 9.10. The normalized spacial score (nSPS) is 14.3. The Hall–Kier alpha value is -1.20. The second-order valence-electron chi connectivity index (χ2n) is 4.56. The molecule has 2 aromatic rings. The first-order valence-electron chi connectivity index (χ1n) is 6.41. The predicted octanol–water partition coefficient (Wildman–Crippen LogP) is 3.94. The second kappa shape index (κ2) is 6.30. The molecule has 2 atom stereocenters. The van der Waals surface area contributed by atoms with E-state index in [9.17, 15) is 0 Å². The summed E-state index contributed by atoms with van der Waals surface area (Å²) in [5.41, 5.74) is 1.26. The van der Waals surface area contributed by atoms with Gasteiger partial charge in [-0.3, -0.25) is 5.32 Å². The molecule has 0 saturated heterocycles. The van der Waals surface area contributed by atoms with Gasteiger partial charge in [0.15, 0.2) is 0 Å². The maximum Gasteiger partial charge on any atom is 0.233 e. The van der Waals surface area contributed by atoms with Gasteiger partial charge in [0.1, 0.15) is 0 Å². The zero-order valence-electron chi connectivity index (χ0n) is 11.4. The summed E-state index contributed by atoms with van der Waals surface area (Å²) >= 11 is 3.45. The number of aromatic nitrogens is 2. The van der Waals surface area contributed by atoms with Gasteiger partial charge in [0.05, 0.1) is 6.04 Å². The summed E-state index contributed by atoms with van der Waals surface area (Å²) in [5.74, 6) is 1.23. The molecule has 0 amide bonds. The van der Waals surface area contributed by atoms with Gasteiger partial charge in [-0.15, -0.1) is 10.2 Å². The monoisotopic (exact) mass is 323 g/mol. The van der Waals surface area contributed by atoms with Crippen LogP contribution in [0.1, 0.15) is 49.7 Å². The standard InChI is InChI=1S/C14H18BrN3O/c1-4-13(11-5-7-12(15)8-6-11)16-9(2)14-18-17-10(3)19-14/h5-9,13,16H,4H2,1-3H3/t9-,13+/m0/s1. The molecule has 0 fully saturated rings. The fourth-order valence-electron chi connectivity index (χ4n) is 2.00. The van der Waals surface area contributed by atoms with Gasteiger partial charge in [0.25, 0.3) is 0 Å². The first-order valence-corrected chi connectivity index (χ1v) is 7.21. The SMILES string of the molecule is CC[C@@H](N[C@@H](C)c1nnc(C)o1)c1ccc(Br)cc1. The Bertz CT molecular complexity index is 524. The van der Waals surface area contributed by atoms with Crippen LogP contribution in [0.15, 0.2) is 33.2 Å². The van der Waals surface area contributed by atoms with Crippen molar-refractivity contribution in [3.63, 3.8) is 0 Å². The number of hydrogen-bond donors (Lipinski definition) is 1. The molecule has 1 aromatic carbocycles. The van der Waals surface area contributed by atoms with E-state index in [-0.39, 0.29) is 12.1 Å². The van der Waals surface area contributed by atoms with E-state index in [2.05, 4.69) is 62.6 Å². The van der Waals surface area contributed by atoms with Gasteiger partial charge in [-0.2, -0.15) is 0 Å². The van der Waals surface area contributed by atoms with Crippen LogP contribution in [0.2, 0.25) is 0 Å². The van der Waals surface area contributed by atoms with Crippen molar-refractivity contribution in [2.75, 3.05) is 0 Å². The van der Waals surface area contributed by atoms with Crippen LogP contribution >= 0.6 is 15.9 Å². The summed E-state index contributed by atoms with van der Waals surface area (Å²) in [7, 11) is 0. The minimum atomic E-state index is 0.0368. The molecule has 5 heteroatoms. The van der Waals surface area contributed by atoms with Crippen molar-refractivity contribution in [2.45, 2.75) is 39.3 Å². The smallest absolute Gasteiger partial charge is 0.233 e. The van der Waals surface area contributed by atoms with Crippen LogP contribution in [0.25, 0.3) is 0 Å². The summed E-state index contributed by atoms with van der Waals surface area (Å²) in [6, 6.07) is 8.67. The predicted molar refractivity (Wildman–Crippen MR) is 77.8 cm³/mol. The van der Waals surface area contributed by atoms with Crippen molar-refractivity contribution < 1.29 is 4.42 Å². The summed E-state index contributed by atoms with van der Waals surface area (Å²) in [4.78, 5) is 0.